The van der Waals surface area contributed by atoms with Crippen LogP contribution in [0.15, 0.2) is 28.1 Å². The highest BCUT2D eigenvalue weighted by molar-refractivity contribution is 9.10. The molecular weight excluding hydrogens is 426 g/mol. The van der Waals surface area contributed by atoms with E-state index in [0.29, 0.717) is 29.0 Å². The summed E-state index contributed by atoms with van der Waals surface area (Å²) in [6, 6.07) is 4.94. The van der Waals surface area contributed by atoms with Gasteiger partial charge >= 0.3 is 0 Å². The number of thiophene rings is 1. The minimum Gasteiger partial charge on any atom is -0.493 e. The summed E-state index contributed by atoms with van der Waals surface area (Å²) in [7, 11) is 1.51. The lowest BCUT2D eigenvalue weighted by Gasteiger charge is -2.12. The first kappa shape index (κ1) is 16.3. The van der Waals surface area contributed by atoms with E-state index in [9.17, 15) is 10.1 Å². The van der Waals surface area contributed by atoms with Gasteiger partial charge in [-0.05, 0) is 33.4 Å². The minimum atomic E-state index is -0.427. The van der Waals surface area contributed by atoms with Crippen LogP contribution in [-0.2, 0) is 11.9 Å². The van der Waals surface area contributed by atoms with Gasteiger partial charge in [0.25, 0.3) is 5.69 Å². The highest BCUT2D eigenvalue weighted by atomic mass is 79.9. The van der Waals surface area contributed by atoms with Crippen molar-refractivity contribution >= 4 is 48.9 Å². The number of ether oxygens (including phenoxy) is 2. The highest BCUT2D eigenvalue weighted by Gasteiger charge is 2.19. The van der Waals surface area contributed by atoms with Gasteiger partial charge in [0.2, 0.25) is 0 Å². The number of nitro groups is 1. The number of hydrogen-bond acceptors (Lipinski definition) is 5. The summed E-state index contributed by atoms with van der Waals surface area (Å²) in [6.07, 6.45) is 0. The molecule has 0 bridgehead atoms. The predicted octanol–water partition coefficient (Wildman–Crippen LogP) is 4.90. The third-order valence-electron chi connectivity index (χ3n) is 2.76. The number of halogens is 2. The van der Waals surface area contributed by atoms with Crippen molar-refractivity contribution < 1.29 is 14.4 Å². The molecule has 2 rings (SSSR count). The van der Waals surface area contributed by atoms with Crippen LogP contribution in [0.25, 0.3) is 0 Å². The van der Waals surface area contributed by atoms with Crippen molar-refractivity contribution in [2.45, 2.75) is 11.9 Å². The first-order valence-corrected chi connectivity index (χ1v) is 8.62. The van der Waals surface area contributed by atoms with Crippen molar-refractivity contribution in [2.24, 2.45) is 0 Å². The molecule has 112 valence electrons. The zero-order valence-corrected chi connectivity index (χ0v) is 15.0. The number of rotatable bonds is 6. The van der Waals surface area contributed by atoms with E-state index >= 15 is 0 Å². The van der Waals surface area contributed by atoms with Gasteiger partial charge in [0.1, 0.15) is 6.61 Å². The number of nitro benzene ring substituents is 1. The summed E-state index contributed by atoms with van der Waals surface area (Å²) in [6.45, 7) is 0.319. The molecule has 0 saturated heterocycles. The van der Waals surface area contributed by atoms with E-state index in [-0.39, 0.29) is 5.69 Å². The zero-order chi connectivity index (χ0) is 15.4. The van der Waals surface area contributed by atoms with Gasteiger partial charge in [0, 0.05) is 15.4 Å². The van der Waals surface area contributed by atoms with E-state index in [1.165, 1.54) is 13.2 Å². The SMILES string of the molecule is COc1cc(CBr)c([N+](=O)[O-])cc1OCc1sccc1Br. The molecule has 0 aliphatic heterocycles. The molecule has 0 aliphatic carbocycles. The van der Waals surface area contributed by atoms with E-state index in [0.717, 1.165) is 9.35 Å². The van der Waals surface area contributed by atoms with Crippen LogP contribution < -0.4 is 9.47 Å². The Morgan fingerprint density at radius 2 is 2.14 bits per heavy atom. The number of alkyl halides is 1. The molecule has 2 aromatic rings. The lowest BCUT2D eigenvalue weighted by Crippen LogP contribution is -2.00. The molecule has 0 radical (unpaired) electrons. The summed E-state index contributed by atoms with van der Waals surface area (Å²) < 4.78 is 11.9. The average molecular weight is 437 g/mol. The maximum absolute atomic E-state index is 11.1. The fourth-order valence-corrected chi connectivity index (χ4v) is 3.54. The molecule has 0 N–H and O–H groups in total. The first-order chi connectivity index (χ1) is 10.1. The maximum Gasteiger partial charge on any atom is 0.277 e. The van der Waals surface area contributed by atoms with Gasteiger partial charge in [-0.2, -0.15) is 0 Å². The normalized spacial score (nSPS) is 10.4. The highest BCUT2D eigenvalue weighted by Crippen LogP contribution is 2.36. The summed E-state index contributed by atoms with van der Waals surface area (Å²) >= 11 is 8.21. The summed E-state index contributed by atoms with van der Waals surface area (Å²) in [5, 5.41) is 13.4. The fraction of sp³-hybridized carbons (Fsp3) is 0.231. The zero-order valence-electron chi connectivity index (χ0n) is 11.0. The molecule has 5 nitrogen and oxygen atoms in total. The largest absolute Gasteiger partial charge is 0.493 e. The summed E-state index contributed by atoms with van der Waals surface area (Å²) in [4.78, 5) is 11.7. The number of methoxy groups -OCH3 is 1. The van der Waals surface area contributed by atoms with Crippen LogP contribution in [0.4, 0.5) is 5.69 Å². The van der Waals surface area contributed by atoms with Crippen molar-refractivity contribution in [2.75, 3.05) is 7.11 Å². The molecule has 0 atom stereocenters. The quantitative estimate of drug-likeness (QED) is 0.367. The van der Waals surface area contributed by atoms with E-state index in [2.05, 4.69) is 31.9 Å². The Balaban J connectivity index is 2.31. The number of benzene rings is 1. The van der Waals surface area contributed by atoms with Crippen LogP contribution in [0.2, 0.25) is 0 Å². The molecule has 1 aromatic carbocycles. The Morgan fingerprint density at radius 3 is 2.67 bits per heavy atom. The lowest BCUT2D eigenvalue weighted by atomic mass is 10.2. The summed E-state index contributed by atoms with van der Waals surface area (Å²) in [5.41, 5.74) is 0.550. The third-order valence-corrected chi connectivity index (χ3v) is 5.26. The Hall–Kier alpha value is -1.12. The Morgan fingerprint density at radius 1 is 1.38 bits per heavy atom. The monoisotopic (exact) mass is 435 g/mol. The lowest BCUT2D eigenvalue weighted by molar-refractivity contribution is -0.385. The third kappa shape index (κ3) is 3.75. The topological polar surface area (TPSA) is 61.6 Å². The molecule has 0 amide bonds. The van der Waals surface area contributed by atoms with Crippen molar-refractivity contribution in [3.63, 3.8) is 0 Å². The Labute approximate surface area is 142 Å². The smallest absolute Gasteiger partial charge is 0.277 e. The van der Waals surface area contributed by atoms with Crippen molar-refractivity contribution in [3.05, 3.63) is 48.6 Å². The molecule has 0 unspecified atom stereocenters. The number of nitrogens with zero attached hydrogens (tertiary/aromatic N) is 1. The van der Waals surface area contributed by atoms with Gasteiger partial charge in [-0.15, -0.1) is 11.3 Å². The van der Waals surface area contributed by atoms with Gasteiger partial charge < -0.3 is 9.47 Å². The van der Waals surface area contributed by atoms with Gasteiger partial charge in [0.15, 0.2) is 11.5 Å². The number of hydrogen-bond donors (Lipinski definition) is 0. The van der Waals surface area contributed by atoms with Crippen LogP contribution in [-0.4, -0.2) is 12.0 Å². The molecule has 21 heavy (non-hydrogen) atoms. The van der Waals surface area contributed by atoms with Crippen LogP contribution in [0.3, 0.4) is 0 Å². The van der Waals surface area contributed by atoms with E-state index < -0.39 is 4.92 Å². The molecular formula is C13H11Br2NO4S. The molecule has 1 heterocycles. The standard InChI is InChI=1S/C13H11Br2NO4S/c1-19-11-4-8(6-14)10(16(17)18)5-12(11)20-7-13-9(15)2-3-21-13/h2-5H,6-7H2,1H3. The summed E-state index contributed by atoms with van der Waals surface area (Å²) in [5.74, 6) is 0.830. The fourth-order valence-electron chi connectivity index (χ4n) is 1.71. The Kier molecular flexibility index (Phi) is 5.60. The molecule has 1 aromatic heterocycles. The van der Waals surface area contributed by atoms with E-state index in [1.54, 1.807) is 17.4 Å². The van der Waals surface area contributed by atoms with Gasteiger partial charge in [-0.3, -0.25) is 10.1 Å². The molecule has 0 fully saturated rings. The van der Waals surface area contributed by atoms with E-state index in [4.69, 9.17) is 9.47 Å². The van der Waals surface area contributed by atoms with Crippen LogP contribution in [0.1, 0.15) is 10.4 Å². The van der Waals surface area contributed by atoms with Crippen molar-refractivity contribution in [1.82, 2.24) is 0 Å². The van der Waals surface area contributed by atoms with Gasteiger partial charge in [0.05, 0.1) is 23.0 Å². The second-order valence-electron chi connectivity index (χ2n) is 4.00. The van der Waals surface area contributed by atoms with Crippen LogP contribution >= 0.6 is 43.2 Å². The second kappa shape index (κ2) is 7.24. The van der Waals surface area contributed by atoms with Crippen LogP contribution in [0, 0.1) is 10.1 Å². The minimum absolute atomic E-state index is 0.00733. The molecule has 0 spiro atoms. The van der Waals surface area contributed by atoms with Crippen molar-refractivity contribution in [1.29, 1.82) is 0 Å². The second-order valence-corrected chi connectivity index (χ2v) is 6.42. The predicted molar refractivity (Wildman–Crippen MR) is 88.6 cm³/mol. The van der Waals surface area contributed by atoms with Gasteiger partial charge in [-0.1, -0.05) is 15.9 Å². The van der Waals surface area contributed by atoms with Crippen LogP contribution in [0.5, 0.6) is 11.5 Å². The molecule has 8 heteroatoms. The maximum atomic E-state index is 11.1. The first-order valence-electron chi connectivity index (χ1n) is 5.82. The molecule has 0 saturated carbocycles. The molecule has 0 aliphatic rings. The Bertz CT molecular complexity index is 660. The van der Waals surface area contributed by atoms with E-state index in [1.807, 2.05) is 11.4 Å². The van der Waals surface area contributed by atoms with Crippen molar-refractivity contribution in [3.8, 4) is 11.5 Å². The van der Waals surface area contributed by atoms with Gasteiger partial charge in [-0.25, -0.2) is 0 Å². The average Bonchev–Trinajstić information content (AvgIpc) is 2.89.